The van der Waals surface area contributed by atoms with Crippen LogP contribution in [-0.4, -0.2) is 33.8 Å². The lowest BCUT2D eigenvalue weighted by Crippen LogP contribution is -2.47. The molecule has 0 bridgehead atoms. The summed E-state index contributed by atoms with van der Waals surface area (Å²) in [4.78, 5) is 25.3. The Hall–Kier alpha value is -3.61. The lowest BCUT2D eigenvalue weighted by Gasteiger charge is -2.23. The average molecular weight is 406 g/mol. The minimum absolute atomic E-state index is 0.327. The Bertz CT molecular complexity index is 979. The highest BCUT2D eigenvalue weighted by Crippen LogP contribution is 2.20. The Balaban J connectivity index is 1.75. The van der Waals surface area contributed by atoms with Crippen LogP contribution in [0.3, 0.4) is 0 Å². The third-order valence-corrected chi connectivity index (χ3v) is 4.23. The molecular formula is C23H26N4O3. The normalized spacial score (nSPS) is 12.1. The number of rotatable bonds is 6. The third kappa shape index (κ3) is 6.20. The average Bonchev–Trinajstić information content (AvgIpc) is 3.22. The van der Waals surface area contributed by atoms with Crippen LogP contribution < -0.4 is 10.6 Å². The van der Waals surface area contributed by atoms with Crippen molar-refractivity contribution in [3.63, 3.8) is 0 Å². The Labute approximate surface area is 175 Å². The maximum absolute atomic E-state index is 13.0. The summed E-state index contributed by atoms with van der Waals surface area (Å²) >= 11 is 0. The summed E-state index contributed by atoms with van der Waals surface area (Å²) in [6.07, 6.45) is 1.37. The van der Waals surface area contributed by atoms with E-state index in [1.54, 1.807) is 33.0 Å². The Morgan fingerprint density at radius 1 is 1.07 bits per heavy atom. The molecule has 2 amide bonds. The topological polar surface area (TPSA) is 96.1 Å². The number of benzene rings is 2. The molecule has 30 heavy (non-hydrogen) atoms. The van der Waals surface area contributed by atoms with Gasteiger partial charge in [0, 0.05) is 23.9 Å². The van der Waals surface area contributed by atoms with E-state index in [1.807, 2.05) is 54.6 Å². The number of anilines is 1. The van der Waals surface area contributed by atoms with E-state index in [9.17, 15) is 9.59 Å². The van der Waals surface area contributed by atoms with Crippen LogP contribution >= 0.6 is 0 Å². The van der Waals surface area contributed by atoms with Gasteiger partial charge in [0.25, 0.3) is 0 Å². The van der Waals surface area contributed by atoms with E-state index in [2.05, 4.69) is 20.8 Å². The number of aromatic amines is 1. The lowest BCUT2D eigenvalue weighted by molar-refractivity contribution is -0.118. The van der Waals surface area contributed by atoms with Crippen molar-refractivity contribution >= 4 is 17.7 Å². The number of carbonyl (C=O) groups is 2. The van der Waals surface area contributed by atoms with Crippen LogP contribution in [0.1, 0.15) is 26.3 Å². The van der Waals surface area contributed by atoms with E-state index in [0.29, 0.717) is 12.1 Å². The number of carbonyl (C=O) groups excluding carboxylic acids is 2. The molecule has 0 unspecified atom stereocenters. The van der Waals surface area contributed by atoms with Crippen molar-refractivity contribution in [2.75, 3.05) is 5.32 Å². The van der Waals surface area contributed by atoms with Crippen molar-refractivity contribution in [3.05, 3.63) is 72.4 Å². The summed E-state index contributed by atoms with van der Waals surface area (Å²) in [6.45, 7) is 5.33. The molecule has 3 rings (SSSR count). The van der Waals surface area contributed by atoms with Crippen LogP contribution in [0.5, 0.6) is 0 Å². The molecule has 156 valence electrons. The van der Waals surface area contributed by atoms with Crippen LogP contribution in [0.25, 0.3) is 11.3 Å². The number of nitrogens with zero attached hydrogens (tertiary/aromatic N) is 1. The van der Waals surface area contributed by atoms with Crippen molar-refractivity contribution in [1.29, 1.82) is 0 Å². The Morgan fingerprint density at radius 2 is 1.83 bits per heavy atom. The van der Waals surface area contributed by atoms with E-state index in [-0.39, 0.29) is 5.91 Å². The fourth-order valence-electron chi connectivity index (χ4n) is 2.92. The highest BCUT2D eigenvalue weighted by Gasteiger charge is 2.25. The Kier molecular flexibility index (Phi) is 6.51. The SMILES string of the molecule is CC(C)(C)OC(=O)N[C@@H](Cc1ccccc1)C(=O)Nc1cccc(-c2ccn[nH]2)c1. The minimum Gasteiger partial charge on any atom is -0.444 e. The zero-order valence-electron chi connectivity index (χ0n) is 17.3. The van der Waals surface area contributed by atoms with Gasteiger partial charge in [-0.3, -0.25) is 9.89 Å². The predicted octanol–water partition coefficient (Wildman–Crippen LogP) is 4.15. The molecule has 0 spiro atoms. The van der Waals surface area contributed by atoms with Crippen molar-refractivity contribution in [2.45, 2.75) is 38.8 Å². The van der Waals surface area contributed by atoms with Gasteiger partial charge in [0.1, 0.15) is 11.6 Å². The molecule has 1 atom stereocenters. The van der Waals surface area contributed by atoms with Crippen LogP contribution in [0.2, 0.25) is 0 Å². The lowest BCUT2D eigenvalue weighted by atomic mass is 10.0. The van der Waals surface area contributed by atoms with Gasteiger partial charge in [-0.1, -0.05) is 42.5 Å². The molecule has 0 saturated heterocycles. The van der Waals surface area contributed by atoms with Gasteiger partial charge in [0.05, 0.1) is 5.69 Å². The molecule has 0 radical (unpaired) electrons. The molecular weight excluding hydrogens is 380 g/mol. The molecule has 2 aromatic carbocycles. The second-order valence-electron chi connectivity index (χ2n) is 7.93. The summed E-state index contributed by atoms with van der Waals surface area (Å²) in [5.41, 5.74) is 2.64. The number of amides is 2. The molecule has 0 aliphatic heterocycles. The fourth-order valence-corrected chi connectivity index (χ4v) is 2.92. The quantitative estimate of drug-likeness (QED) is 0.573. The van der Waals surface area contributed by atoms with Gasteiger partial charge in [0.15, 0.2) is 0 Å². The van der Waals surface area contributed by atoms with Crippen molar-refractivity contribution in [1.82, 2.24) is 15.5 Å². The summed E-state index contributed by atoms with van der Waals surface area (Å²) < 4.78 is 5.33. The highest BCUT2D eigenvalue weighted by atomic mass is 16.6. The predicted molar refractivity (Wildman–Crippen MR) is 116 cm³/mol. The number of H-pyrrole nitrogens is 1. The second-order valence-corrected chi connectivity index (χ2v) is 7.93. The van der Waals surface area contributed by atoms with E-state index < -0.39 is 17.7 Å². The number of hydrogen-bond acceptors (Lipinski definition) is 4. The largest absolute Gasteiger partial charge is 0.444 e. The maximum Gasteiger partial charge on any atom is 0.408 e. The zero-order chi connectivity index (χ0) is 21.6. The molecule has 0 fully saturated rings. The number of ether oxygens (including phenoxy) is 1. The number of hydrogen-bond donors (Lipinski definition) is 3. The van der Waals surface area contributed by atoms with E-state index in [4.69, 9.17) is 4.74 Å². The molecule has 3 aromatic rings. The van der Waals surface area contributed by atoms with Gasteiger partial charge in [-0.2, -0.15) is 5.10 Å². The molecule has 1 heterocycles. The Morgan fingerprint density at radius 3 is 2.50 bits per heavy atom. The third-order valence-electron chi connectivity index (χ3n) is 4.23. The zero-order valence-corrected chi connectivity index (χ0v) is 17.3. The van der Waals surface area contributed by atoms with Gasteiger partial charge in [-0.05, 0) is 44.5 Å². The van der Waals surface area contributed by atoms with Gasteiger partial charge < -0.3 is 15.4 Å². The smallest absolute Gasteiger partial charge is 0.408 e. The van der Waals surface area contributed by atoms with Crippen molar-refractivity contribution < 1.29 is 14.3 Å². The molecule has 0 saturated carbocycles. The van der Waals surface area contributed by atoms with E-state index >= 15 is 0 Å². The molecule has 0 aliphatic rings. The van der Waals surface area contributed by atoms with Crippen molar-refractivity contribution in [2.24, 2.45) is 0 Å². The highest BCUT2D eigenvalue weighted by molar-refractivity contribution is 5.97. The second kappa shape index (κ2) is 9.26. The molecule has 7 nitrogen and oxygen atoms in total. The number of aromatic nitrogens is 2. The first kappa shape index (κ1) is 21.1. The minimum atomic E-state index is -0.793. The standard InChI is InChI=1S/C23H26N4O3/c1-23(2,3)30-22(29)26-20(14-16-8-5-4-6-9-16)21(28)25-18-11-7-10-17(15-18)19-12-13-24-27-19/h4-13,15,20H,14H2,1-3H3,(H,24,27)(H,25,28)(H,26,29)/t20-/m0/s1. The molecule has 7 heteroatoms. The van der Waals surface area contributed by atoms with Gasteiger partial charge in [-0.25, -0.2) is 4.79 Å². The van der Waals surface area contributed by atoms with E-state index in [0.717, 1.165) is 16.8 Å². The van der Waals surface area contributed by atoms with Gasteiger partial charge in [0.2, 0.25) is 5.91 Å². The number of nitrogens with one attached hydrogen (secondary N) is 3. The van der Waals surface area contributed by atoms with Crippen LogP contribution in [0.4, 0.5) is 10.5 Å². The van der Waals surface area contributed by atoms with Gasteiger partial charge in [-0.15, -0.1) is 0 Å². The molecule has 0 aliphatic carbocycles. The van der Waals surface area contributed by atoms with Crippen LogP contribution in [-0.2, 0) is 16.0 Å². The van der Waals surface area contributed by atoms with Crippen LogP contribution in [0.15, 0.2) is 66.9 Å². The monoisotopic (exact) mass is 406 g/mol. The molecule has 3 N–H and O–H groups in total. The van der Waals surface area contributed by atoms with Gasteiger partial charge >= 0.3 is 6.09 Å². The first-order valence-electron chi connectivity index (χ1n) is 9.74. The summed E-state index contributed by atoms with van der Waals surface area (Å²) in [6, 6.07) is 18.0. The van der Waals surface area contributed by atoms with Crippen LogP contribution in [0, 0.1) is 0 Å². The summed E-state index contributed by atoms with van der Waals surface area (Å²) in [5, 5.41) is 12.4. The fraction of sp³-hybridized carbons (Fsp3) is 0.261. The van der Waals surface area contributed by atoms with Crippen molar-refractivity contribution in [3.8, 4) is 11.3 Å². The first-order chi connectivity index (χ1) is 14.3. The van der Waals surface area contributed by atoms with E-state index in [1.165, 1.54) is 0 Å². The molecule has 1 aromatic heterocycles. The maximum atomic E-state index is 13.0. The summed E-state index contributed by atoms with van der Waals surface area (Å²) in [5.74, 6) is -0.327. The first-order valence-corrected chi connectivity index (χ1v) is 9.74. The summed E-state index contributed by atoms with van der Waals surface area (Å²) in [7, 11) is 0. The number of alkyl carbamates (subject to hydrolysis) is 1.